The Morgan fingerprint density at radius 3 is 1.76 bits per heavy atom. The quantitative estimate of drug-likeness (QED) is 0.177. The van der Waals surface area contributed by atoms with Crippen LogP contribution in [0.2, 0.25) is 0 Å². The molecule has 6 nitrogen and oxygen atoms in total. The van der Waals surface area contributed by atoms with E-state index in [2.05, 4.69) is 87.7 Å². The second-order valence-corrected chi connectivity index (χ2v) is 11.5. The molecule has 1 unspecified atom stereocenters. The first-order chi connectivity index (χ1) is 21.9. The molecule has 6 aromatic rings. The second-order valence-electron chi connectivity index (χ2n) is 11.5. The van der Waals surface area contributed by atoms with E-state index in [9.17, 15) is 9.90 Å². The first kappa shape index (κ1) is 29.7. The van der Waals surface area contributed by atoms with Crippen molar-refractivity contribution in [1.29, 1.82) is 0 Å². The summed E-state index contributed by atoms with van der Waals surface area (Å²) in [6.45, 7) is 4.00. The van der Waals surface area contributed by atoms with E-state index in [1.807, 2.05) is 68.8 Å². The molecule has 0 bridgehead atoms. The average molecular weight is 593 g/mol. The lowest BCUT2D eigenvalue weighted by atomic mass is 9.76. The van der Waals surface area contributed by atoms with Crippen LogP contribution in [0.15, 0.2) is 146 Å². The first-order valence-corrected chi connectivity index (χ1v) is 15.1. The molecule has 0 radical (unpaired) electrons. The van der Waals surface area contributed by atoms with Gasteiger partial charge in [0, 0.05) is 30.6 Å². The van der Waals surface area contributed by atoms with Crippen molar-refractivity contribution in [2.45, 2.75) is 25.0 Å². The summed E-state index contributed by atoms with van der Waals surface area (Å²) in [5.41, 5.74) is 4.46. The lowest BCUT2D eigenvalue weighted by molar-refractivity contribution is 0.0278. The third kappa shape index (κ3) is 5.23. The van der Waals surface area contributed by atoms with E-state index in [-0.39, 0.29) is 11.8 Å². The van der Waals surface area contributed by atoms with Crippen LogP contribution in [0.4, 0.5) is 0 Å². The van der Waals surface area contributed by atoms with Gasteiger partial charge in [0.25, 0.3) is 5.91 Å². The number of nitrogens with zero attached hydrogens (tertiary/aromatic N) is 3. The molecule has 224 valence electrons. The third-order valence-corrected chi connectivity index (χ3v) is 8.64. The van der Waals surface area contributed by atoms with Gasteiger partial charge in [0.2, 0.25) is 0 Å². The predicted octanol–water partition coefficient (Wildman–Crippen LogP) is 7.04. The van der Waals surface area contributed by atoms with Gasteiger partial charge in [0.1, 0.15) is 11.1 Å². The van der Waals surface area contributed by atoms with Gasteiger partial charge in [-0.2, -0.15) is 0 Å². The van der Waals surface area contributed by atoms with E-state index in [0.29, 0.717) is 17.0 Å². The fourth-order valence-corrected chi connectivity index (χ4v) is 6.23. The number of imidazole rings is 1. The zero-order chi connectivity index (χ0) is 31.4. The largest absolute Gasteiger partial charge is 0.378 e. The highest BCUT2D eigenvalue weighted by Gasteiger charge is 2.42. The van der Waals surface area contributed by atoms with Gasteiger partial charge in [-0.05, 0) is 40.3 Å². The van der Waals surface area contributed by atoms with Gasteiger partial charge in [-0.15, -0.1) is 0 Å². The van der Waals surface area contributed by atoms with Crippen molar-refractivity contribution in [3.8, 4) is 11.3 Å². The molecule has 0 aliphatic rings. The van der Waals surface area contributed by atoms with Gasteiger partial charge in [-0.1, -0.05) is 129 Å². The van der Waals surface area contributed by atoms with Crippen LogP contribution in [0.5, 0.6) is 0 Å². The van der Waals surface area contributed by atoms with Gasteiger partial charge >= 0.3 is 0 Å². The number of aliphatic hydroxyl groups is 1. The monoisotopic (exact) mass is 592 g/mol. The van der Waals surface area contributed by atoms with Crippen LogP contribution in [0, 0.1) is 5.92 Å². The van der Waals surface area contributed by atoms with Crippen molar-refractivity contribution in [2.75, 3.05) is 7.05 Å². The number of carbonyl (C=O) groups excluding carboxylic acids is 1. The Morgan fingerprint density at radius 1 is 0.733 bits per heavy atom. The van der Waals surface area contributed by atoms with Crippen molar-refractivity contribution in [3.63, 3.8) is 0 Å². The van der Waals surface area contributed by atoms with Crippen LogP contribution in [-0.2, 0) is 11.1 Å². The van der Waals surface area contributed by atoms with Crippen LogP contribution in [0.1, 0.15) is 52.2 Å². The molecule has 0 spiro atoms. The number of nitrogens with one attached hydrogen (secondary N) is 1. The van der Waals surface area contributed by atoms with Gasteiger partial charge in [-0.3, -0.25) is 9.78 Å². The summed E-state index contributed by atoms with van der Waals surface area (Å²) in [6.07, 6.45) is 5.44. The molecule has 0 saturated heterocycles. The summed E-state index contributed by atoms with van der Waals surface area (Å²) >= 11 is 0. The molecular weight excluding hydrogens is 556 g/mol. The number of rotatable bonds is 9. The number of benzene rings is 4. The maximum absolute atomic E-state index is 12.5. The zero-order valence-electron chi connectivity index (χ0n) is 25.6. The molecule has 45 heavy (non-hydrogen) atoms. The molecule has 2 aromatic heterocycles. The van der Waals surface area contributed by atoms with Crippen LogP contribution in [0.3, 0.4) is 0 Å². The maximum Gasteiger partial charge on any atom is 0.251 e. The smallest absolute Gasteiger partial charge is 0.251 e. The molecule has 6 rings (SSSR count). The Morgan fingerprint density at radius 2 is 1.27 bits per heavy atom. The average Bonchev–Trinajstić information content (AvgIpc) is 3.60. The minimum Gasteiger partial charge on any atom is -0.378 e. The highest BCUT2D eigenvalue weighted by atomic mass is 16.3. The number of amides is 1. The number of aromatic nitrogens is 3. The van der Waals surface area contributed by atoms with Gasteiger partial charge < -0.3 is 15.0 Å². The summed E-state index contributed by atoms with van der Waals surface area (Å²) in [4.78, 5) is 21.6. The van der Waals surface area contributed by atoms with Crippen molar-refractivity contribution in [3.05, 3.63) is 180 Å². The van der Waals surface area contributed by atoms with E-state index in [0.717, 1.165) is 27.8 Å². The molecule has 2 heterocycles. The number of pyridine rings is 1. The third-order valence-electron chi connectivity index (χ3n) is 8.64. The summed E-state index contributed by atoms with van der Waals surface area (Å²) in [5.74, 6) is -0.362. The predicted molar refractivity (Wildman–Crippen MR) is 178 cm³/mol. The van der Waals surface area contributed by atoms with E-state index < -0.39 is 11.1 Å². The highest BCUT2D eigenvalue weighted by molar-refractivity contribution is 5.94. The standard InChI is InChI=1S/C39H36N4O2/c1-28(2)39(45,34-21-19-29(20-22-34)35-25-30(23-24-41-35)37(44)40-3)36-26-43(27-42-36)38(31-13-7-4-8-14-31,32-15-9-5-10-16-32)33-17-11-6-12-18-33/h4-28,45H,1-3H3,(H,40,44). The van der Waals surface area contributed by atoms with Crippen LogP contribution < -0.4 is 5.32 Å². The lowest BCUT2D eigenvalue weighted by Gasteiger charge is -2.37. The van der Waals surface area contributed by atoms with E-state index in [4.69, 9.17) is 4.98 Å². The van der Waals surface area contributed by atoms with Crippen molar-refractivity contribution >= 4 is 5.91 Å². The molecule has 0 saturated carbocycles. The van der Waals surface area contributed by atoms with Crippen molar-refractivity contribution in [2.24, 2.45) is 5.92 Å². The van der Waals surface area contributed by atoms with E-state index >= 15 is 0 Å². The first-order valence-electron chi connectivity index (χ1n) is 15.1. The van der Waals surface area contributed by atoms with Crippen LogP contribution in [0.25, 0.3) is 11.3 Å². The fraction of sp³-hybridized carbons (Fsp3) is 0.154. The zero-order valence-corrected chi connectivity index (χ0v) is 25.6. The SMILES string of the molecule is CNC(=O)c1ccnc(-c2ccc(C(O)(c3cn(C(c4ccccc4)(c4ccccc4)c4ccccc4)cn3)C(C)C)cc2)c1. The van der Waals surface area contributed by atoms with Gasteiger partial charge in [0.05, 0.1) is 17.7 Å². The minimum absolute atomic E-state index is 0.169. The van der Waals surface area contributed by atoms with Crippen LogP contribution in [-0.4, -0.2) is 32.6 Å². The second kappa shape index (κ2) is 12.3. The normalized spacial score (nSPS) is 12.9. The molecular formula is C39H36N4O2. The Kier molecular flexibility index (Phi) is 8.16. The molecule has 6 heteroatoms. The fourth-order valence-electron chi connectivity index (χ4n) is 6.23. The highest BCUT2D eigenvalue weighted by Crippen LogP contribution is 2.43. The van der Waals surface area contributed by atoms with E-state index in [1.54, 1.807) is 25.4 Å². The Hall–Kier alpha value is -5.33. The van der Waals surface area contributed by atoms with Crippen molar-refractivity contribution in [1.82, 2.24) is 19.9 Å². The number of carbonyl (C=O) groups is 1. The molecule has 4 aromatic carbocycles. The molecule has 2 N–H and O–H groups in total. The summed E-state index contributed by atoms with van der Waals surface area (Å²) < 4.78 is 2.12. The Bertz CT molecular complexity index is 1790. The number of hydrogen-bond acceptors (Lipinski definition) is 4. The van der Waals surface area contributed by atoms with Crippen LogP contribution >= 0.6 is 0 Å². The van der Waals surface area contributed by atoms with Gasteiger partial charge in [-0.25, -0.2) is 4.98 Å². The van der Waals surface area contributed by atoms with E-state index in [1.165, 1.54) is 0 Å². The molecule has 0 fully saturated rings. The summed E-state index contributed by atoms with van der Waals surface area (Å²) in [6, 6.07) is 42.4. The topological polar surface area (TPSA) is 80.0 Å². The molecule has 0 aliphatic carbocycles. The summed E-state index contributed by atoms with van der Waals surface area (Å²) in [7, 11) is 1.61. The summed E-state index contributed by atoms with van der Waals surface area (Å²) in [5, 5.41) is 15.1. The molecule has 1 amide bonds. The Balaban J connectivity index is 1.48. The number of hydrogen-bond donors (Lipinski definition) is 2. The lowest BCUT2D eigenvalue weighted by Crippen LogP contribution is -2.37. The molecule has 0 aliphatic heterocycles. The van der Waals surface area contributed by atoms with Gasteiger partial charge in [0.15, 0.2) is 0 Å². The Labute approximate surface area is 264 Å². The minimum atomic E-state index is -1.38. The maximum atomic E-state index is 12.5. The van der Waals surface area contributed by atoms with Crippen molar-refractivity contribution < 1.29 is 9.90 Å². The molecule has 1 atom stereocenters.